The molecule has 150 valence electrons. The van der Waals surface area contributed by atoms with Crippen molar-refractivity contribution >= 4 is 41.5 Å². The number of aliphatic imine (C=N–C) groups is 1. The average molecular weight is 492 g/mol. The minimum atomic E-state index is 0. The van der Waals surface area contributed by atoms with Crippen molar-refractivity contribution in [1.82, 2.24) is 10.6 Å². The molecule has 3 rings (SSSR count). The van der Waals surface area contributed by atoms with Gasteiger partial charge < -0.3 is 15.5 Å². The highest BCUT2D eigenvalue weighted by atomic mass is 127. The molecule has 1 saturated heterocycles. The summed E-state index contributed by atoms with van der Waals surface area (Å²) in [5.41, 5.74) is 3.46. The Labute approximate surface area is 184 Å². The van der Waals surface area contributed by atoms with Gasteiger partial charge in [-0.3, -0.25) is 9.79 Å². The Hall–Kier alpha value is -2.09. The van der Waals surface area contributed by atoms with Gasteiger partial charge in [-0.1, -0.05) is 49.4 Å². The number of amides is 1. The van der Waals surface area contributed by atoms with E-state index < -0.39 is 0 Å². The zero-order chi connectivity index (χ0) is 19.1. The van der Waals surface area contributed by atoms with Crippen molar-refractivity contribution in [1.29, 1.82) is 0 Å². The van der Waals surface area contributed by atoms with Gasteiger partial charge in [0.15, 0.2) is 5.96 Å². The highest BCUT2D eigenvalue weighted by Gasteiger charge is 2.21. The summed E-state index contributed by atoms with van der Waals surface area (Å²) in [5.74, 6) is 1.41. The Morgan fingerprint density at radius 2 is 1.82 bits per heavy atom. The first-order valence-electron chi connectivity index (χ1n) is 9.56. The molecular weight excluding hydrogens is 463 g/mol. The van der Waals surface area contributed by atoms with Crippen LogP contribution < -0.4 is 15.5 Å². The Morgan fingerprint density at radius 1 is 1.11 bits per heavy atom. The number of nitrogens with zero attached hydrogens (tertiary/aromatic N) is 2. The van der Waals surface area contributed by atoms with Crippen molar-refractivity contribution in [2.24, 2.45) is 4.99 Å². The normalized spacial score (nSPS) is 15.1. The van der Waals surface area contributed by atoms with Crippen molar-refractivity contribution in [3.8, 4) is 0 Å². The number of nitrogens with one attached hydrogen (secondary N) is 2. The van der Waals surface area contributed by atoms with E-state index in [-0.39, 0.29) is 29.9 Å². The molecule has 1 heterocycles. The second-order valence-corrected chi connectivity index (χ2v) is 6.93. The SMILES string of the molecule is CN=C(NCc1ccc(N2CCCC2=O)cc1)NCC(C)c1ccccc1.I. The fourth-order valence-electron chi connectivity index (χ4n) is 3.27. The van der Waals surface area contributed by atoms with E-state index in [0.717, 1.165) is 36.7 Å². The third kappa shape index (κ3) is 5.95. The molecule has 2 N–H and O–H groups in total. The quantitative estimate of drug-likeness (QED) is 0.366. The van der Waals surface area contributed by atoms with Gasteiger partial charge in [0, 0.05) is 38.8 Å². The molecule has 1 unspecified atom stereocenters. The van der Waals surface area contributed by atoms with Gasteiger partial charge in [0.05, 0.1) is 0 Å². The Morgan fingerprint density at radius 3 is 2.43 bits per heavy atom. The van der Waals surface area contributed by atoms with Gasteiger partial charge in [0.25, 0.3) is 0 Å². The minimum Gasteiger partial charge on any atom is -0.356 e. The molecular formula is C22H29IN4O. The summed E-state index contributed by atoms with van der Waals surface area (Å²) in [6.45, 7) is 4.54. The van der Waals surface area contributed by atoms with Crippen molar-refractivity contribution < 1.29 is 4.79 Å². The maximum atomic E-state index is 11.8. The lowest BCUT2D eigenvalue weighted by atomic mass is 10.0. The molecule has 0 radical (unpaired) electrons. The number of carbonyl (C=O) groups is 1. The van der Waals surface area contributed by atoms with E-state index in [1.807, 2.05) is 23.1 Å². The van der Waals surface area contributed by atoms with Crippen LogP contribution in [0.2, 0.25) is 0 Å². The minimum absolute atomic E-state index is 0. The van der Waals surface area contributed by atoms with E-state index >= 15 is 0 Å². The standard InChI is InChI=1S/C22H28N4O.HI/c1-17(19-7-4-3-5-8-19)15-24-22(23-2)25-16-18-10-12-20(13-11-18)26-14-6-9-21(26)27;/h3-5,7-8,10-13,17H,6,9,14-16H2,1-2H3,(H2,23,24,25);1H. The summed E-state index contributed by atoms with van der Waals surface area (Å²) in [7, 11) is 1.78. The van der Waals surface area contributed by atoms with Crippen LogP contribution in [0.1, 0.15) is 36.8 Å². The second kappa shape index (κ2) is 11.0. The number of carbonyl (C=O) groups excluding carboxylic acids is 1. The topological polar surface area (TPSA) is 56.7 Å². The van der Waals surface area contributed by atoms with Crippen LogP contribution in [0.5, 0.6) is 0 Å². The summed E-state index contributed by atoms with van der Waals surface area (Å²) >= 11 is 0. The molecule has 0 saturated carbocycles. The first kappa shape index (κ1) is 22.2. The second-order valence-electron chi connectivity index (χ2n) is 6.93. The van der Waals surface area contributed by atoms with E-state index in [4.69, 9.17) is 0 Å². The number of anilines is 1. The Kier molecular flexibility index (Phi) is 8.76. The van der Waals surface area contributed by atoms with Crippen LogP contribution in [0, 0.1) is 0 Å². The highest BCUT2D eigenvalue weighted by Crippen LogP contribution is 2.21. The molecule has 0 aromatic heterocycles. The molecule has 1 amide bonds. The van der Waals surface area contributed by atoms with Crippen LogP contribution >= 0.6 is 24.0 Å². The first-order chi connectivity index (χ1) is 13.2. The molecule has 0 spiro atoms. The summed E-state index contributed by atoms with van der Waals surface area (Å²) in [6, 6.07) is 18.6. The monoisotopic (exact) mass is 492 g/mol. The largest absolute Gasteiger partial charge is 0.356 e. The molecule has 2 aromatic carbocycles. The Bertz CT molecular complexity index is 777. The van der Waals surface area contributed by atoms with Crippen LogP contribution in [0.25, 0.3) is 0 Å². The number of benzene rings is 2. The van der Waals surface area contributed by atoms with E-state index in [1.54, 1.807) is 7.05 Å². The van der Waals surface area contributed by atoms with Crippen LogP contribution in [-0.4, -0.2) is 32.0 Å². The van der Waals surface area contributed by atoms with E-state index in [0.29, 0.717) is 18.9 Å². The van der Waals surface area contributed by atoms with Crippen LogP contribution in [0.15, 0.2) is 59.6 Å². The van der Waals surface area contributed by atoms with E-state index in [9.17, 15) is 4.79 Å². The van der Waals surface area contributed by atoms with Crippen LogP contribution in [-0.2, 0) is 11.3 Å². The smallest absolute Gasteiger partial charge is 0.227 e. The highest BCUT2D eigenvalue weighted by molar-refractivity contribution is 14.0. The predicted molar refractivity (Wildman–Crippen MR) is 127 cm³/mol. The molecule has 1 fully saturated rings. The summed E-state index contributed by atoms with van der Waals surface area (Å²) in [6.07, 6.45) is 1.61. The van der Waals surface area contributed by atoms with Gasteiger partial charge in [-0.2, -0.15) is 0 Å². The van der Waals surface area contributed by atoms with Gasteiger partial charge in [0.2, 0.25) is 5.91 Å². The molecule has 5 nitrogen and oxygen atoms in total. The van der Waals surface area contributed by atoms with Crippen molar-refractivity contribution in [3.05, 3.63) is 65.7 Å². The first-order valence-corrected chi connectivity index (χ1v) is 9.56. The number of rotatable bonds is 6. The molecule has 1 aliphatic heterocycles. The maximum Gasteiger partial charge on any atom is 0.227 e. The van der Waals surface area contributed by atoms with Crippen molar-refractivity contribution in [2.75, 3.05) is 25.0 Å². The lowest BCUT2D eigenvalue weighted by molar-refractivity contribution is -0.117. The molecule has 1 atom stereocenters. The van der Waals surface area contributed by atoms with Gasteiger partial charge in [-0.05, 0) is 35.6 Å². The zero-order valence-corrected chi connectivity index (χ0v) is 18.9. The fraction of sp³-hybridized carbons (Fsp3) is 0.364. The number of hydrogen-bond acceptors (Lipinski definition) is 2. The fourth-order valence-corrected chi connectivity index (χ4v) is 3.27. The van der Waals surface area contributed by atoms with Crippen molar-refractivity contribution in [3.63, 3.8) is 0 Å². The molecule has 28 heavy (non-hydrogen) atoms. The lowest BCUT2D eigenvalue weighted by Gasteiger charge is -2.17. The van der Waals surface area contributed by atoms with E-state index in [1.165, 1.54) is 5.56 Å². The average Bonchev–Trinajstić information content (AvgIpc) is 3.15. The predicted octanol–water partition coefficient (Wildman–Crippen LogP) is 3.90. The number of halogens is 1. The van der Waals surface area contributed by atoms with Gasteiger partial charge in [0.1, 0.15) is 0 Å². The molecule has 0 bridgehead atoms. The van der Waals surface area contributed by atoms with Crippen LogP contribution in [0.4, 0.5) is 5.69 Å². The molecule has 0 aliphatic carbocycles. The van der Waals surface area contributed by atoms with Crippen molar-refractivity contribution in [2.45, 2.75) is 32.2 Å². The van der Waals surface area contributed by atoms with Gasteiger partial charge in [-0.25, -0.2) is 0 Å². The molecule has 1 aliphatic rings. The number of guanidine groups is 1. The maximum absolute atomic E-state index is 11.8. The van der Waals surface area contributed by atoms with Crippen LogP contribution in [0.3, 0.4) is 0 Å². The lowest BCUT2D eigenvalue weighted by Crippen LogP contribution is -2.38. The zero-order valence-electron chi connectivity index (χ0n) is 16.5. The summed E-state index contributed by atoms with van der Waals surface area (Å²) in [4.78, 5) is 18.0. The van der Waals surface area contributed by atoms with Gasteiger partial charge in [-0.15, -0.1) is 24.0 Å². The third-order valence-corrected chi connectivity index (χ3v) is 4.95. The molecule has 2 aromatic rings. The molecule has 6 heteroatoms. The third-order valence-electron chi connectivity index (χ3n) is 4.95. The van der Waals surface area contributed by atoms with E-state index in [2.05, 4.69) is 58.9 Å². The van der Waals surface area contributed by atoms with Gasteiger partial charge >= 0.3 is 0 Å². The number of hydrogen-bond donors (Lipinski definition) is 2. The summed E-state index contributed by atoms with van der Waals surface area (Å²) < 4.78 is 0. The summed E-state index contributed by atoms with van der Waals surface area (Å²) in [5, 5.41) is 6.73. The Balaban J connectivity index is 0.00000280.